The first kappa shape index (κ1) is 55.4. The Morgan fingerprint density at radius 1 is 0.338 bits per heavy atom. The van der Waals surface area contributed by atoms with E-state index >= 15 is 0 Å². The number of aliphatic carboxylic acids is 1. The Kier molecular flexibility index (Phi) is 33.5. The zero-order chi connectivity index (χ0) is 46.0. The maximum absolute atomic E-state index is 11.5. The number of rotatable bonds is 45. The summed E-state index contributed by atoms with van der Waals surface area (Å²) in [5.74, 6) is -1.22. The number of hydrogen-bond donors (Lipinski definition) is 1. The summed E-state index contributed by atoms with van der Waals surface area (Å²) in [7, 11) is 0. The van der Waals surface area contributed by atoms with E-state index in [-0.39, 0.29) is 32.0 Å². The molecule has 0 atom stereocenters. The fourth-order valence-corrected chi connectivity index (χ4v) is 6.16. The maximum atomic E-state index is 11.5. The lowest BCUT2D eigenvalue weighted by atomic mass is 9.80. The maximum Gasteiger partial charge on any atom is 0.305 e. The van der Waals surface area contributed by atoms with Crippen LogP contribution in [0.3, 0.4) is 0 Å². The van der Waals surface area contributed by atoms with Crippen LogP contribution in [0.15, 0.2) is 91.0 Å². The first-order valence-corrected chi connectivity index (χ1v) is 22.7. The van der Waals surface area contributed by atoms with Gasteiger partial charge in [-0.1, -0.05) is 91.0 Å². The van der Waals surface area contributed by atoms with E-state index in [1.807, 2.05) is 54.6 Å². The van der Waals surface area contributed by atoms with Crippen molar-refractivity contribution in [2.45, 2.75) is 31.3 Å². The standard InChI is InChI=1S/C49H72O16/c50-47(51)18-10-11-19-48(52)64-42-40-62-38-36-60-34-32-58-30-28-56-26-24-54-22-20-53-21-23-55-25-27-57-29-31-59-33-35-61-37-39-63-41-43-65-49(44-12-4-1-5-13-44,45-14-6-2-7-15-45)46-16-8-3-9-17-46/h1-9,12-17H,10-11,18-43H2,(H,50,51). The Morgan fingerprint density at radius 3 is 0.862 bits per heavy atom. The number of esters is 1. The fraction of sp³-hybridized carbons (Fsp3) is 0.592. The molecule has 0 heterocycles. The van der Waals surface area contributed by atoms with Gasteiger partial charge < -0.3 is 66.7 Å². The van der Waals surface area contributed by atoms with Gasteiger partial charge in [-0.05, 0) is 29.5 Å². The van der Waals surface area contributed by atoms with E-state index in [1.165, 1.54) is 0 Å². The molecule has 0 bridgehead atoms. The average molecular weight is 917 g/mol. The Balaban J connectivity index is 0.986. The van der Waals surface area contributed by atoms with E-state index in [0.29, 0.717) is 158 Å². The number of hydrogen-bond acceptors (Lipinski definition) is 15. The van der Waals surface area contributed by atoms with E-state index in [2.05, 4.69) is 36.4 Å². The molecular formula is C49H72O16. The first-order valence-electron chi connectivity index (χ1n) is 22.7. The van der Waals surface area contributed by atoms with Crippen LogP contribution in [0.4, 0.5) is 0 Å². The molecule has 16 nitrogen and oxygen atoms in total. The summed E-state index contributed by atoms with van der Waals surface area (Å²) >= 11 is 0. The highest BCUT2D eigenvalue weighted by molar-refractivity contribution is 5.69. The molecule has 0 spiro atoms. The van der Waals surface area contributed by atoms with Crippen LogP contribution in [-0.4, -0.2) is 176 Å². The van der Waals surface area contributed by atoms with Gasteiger partial charge in [-0.25, -0.2) is 0 Å². The van der Waals surface area contributed by atoms with Crippen LogP contribution in [0.1, 0.15) is 42.4 Å². The molecule has 0 fully saturated rings. The molecule has 0 amide bonds. The lowest BCUT2D eigenvalue weighted by Gasteiger charge is -2.36. The van der Waals surface area contributed by atoms with Crippen molar-refractivity contribution in [3.8, 4) is 0 Å². The van der Waals surface area contributed by atoms with E-state index < -0.39 is 11.6 Å². The van der Waals surface area contributed by atoms with Crippen molar-refractivity contribution in [3.63, 3.8) is 0 Å². The second-order valence-electron chi connectivity index (χ2n) is 14.2. The monoisotopic (exact) mass is 916 g/mol. The van der Waals surface area contributed by atoms with Crippen LogP contribution in [0.5, 0.6) is 0 Å². The van der Waals surface area contributed by atoms with Gasteiger partial charge in [0.25, 0.3) is 0 Å². The lowest BCUT2D eigenvalue weighted by Crippen LogP contribution is -2.34. The second-order valence-corrected chi connectivity index (χ2v) is 14.2. The summed E-state index contributed by atoms with van der Waals surface area (Å²) in [5, 5.41) is 8.58. The number of ether oxygens (including phenoxy) is 13. The second kappa shape index (κ2) is 39.3. The molecule has 1 N–H and O–H groups in total. The van der Waals surface area contributed by atoms with E-state index in [1.54, 1.807) is 0 Å². The normalized spacial score (nSPS) is 11.6. The van der Waals surface area contributed by atoms with Gasteiger partial charge >= 0.3 is 11.9 Å². The van der Waals surface area contributed by atoms with Crippen LogP contribution < -0.4 is 0 Å². The summed E-state index contributed by atoms with van der Waals surface area (Å²) in [4.78, 5) is 22.0. The van der Waals surface area contributed by atoms with Crippen molar-refractivity contribution in [1.82, 2.24) is 0 Å². The van der Waals surface area contributed by atoms with Crippen LogP contribution in [-0.2, 0) is 76.8 Å². The number of carboxylic acid groups (broad SMARTS) is 1. The van der Waals surface area contributed by atoms with Gasteiger partial charge in [-0.15, -0.1) is 0 Å². The Morgan fingerprint density at radius 2 is 0.585 bits per heavy atom. The minimum Gasteiger partial charge on any atom is -0.481 e. The van der Waals surface area contributed by atoms with Crippen LogP contribution >= 0.6 is 0 Å². The van der Waals surface area contributed by atoms with Gasteiger partial charge in [-0.3, -0.25) is 9.59 Å². The summed E-state index contributed by atoms with van der Waals surface area (Å²) in [6, 6.07) is 30.9. The predicted octanol–water partition coefficient (Wildman–Crippen LogP) is 5.37. The molecule has 65 heavy (non-hydrogen) atoms. The lowest BCUT2D eigenvalue weighted by molar-refractivity contribution is -0.146. The largest absolute Gasteiger partial charge is 0.481 e. The average Bonchev–Trinajstić information content (AvgIpc) is 3.33. The minimum atomic E-state index is -0.865. The predicted molar refractivity (Wildman–Crippen MR) is 241 cm³/mol. The van der Waals surface area contributed by atoms with Crippen molar-refractivity contribution in [2.75, 3.05) is 159 Å². The molecule has 0 aromatic heterocycles. The zero-order valence-corrected chi connectivity index (χ0v) is 38.0. The van der Waals surface area contributed by atoms with Crippen molar-refractivity contribution in [2.24, 2.45) is 0 Å². The third kappa shape index (κ3) is 27.4. The molecule has 0 aliphatic carbocycles. The smallest absolute Gasteiger partial charge is 0.305 e. The first-order chi connectivity index (χ1) is 32.1. The van der Waals surface area contributed by atoms with Crippen molar-refractivity contribution >= 4 is 11.9 Å². The number of carbonyl (C=O) groups is 2. The minimum absolute atomic E-state index is 0.0561. The number of unbranched alkanes of at least 4 members (excludes halogenated alkanes) is 1. The Hall–Kier alpha value is -3.88. The quantitative estimate of drug-likeness (QED) is 0.0435. The van der Waals surface area contributed by atoms with Crippen molar-refractivity contribution in [1.29, 1.82) is 0 Å². The molecule has 3 rings (SSSR count). The highest BCUT2D eigenvalue weighted by Gasteiger charge is 2.37. The Labute approximate surface area is 384 Å². The highest BCUT2D eigenvalue weighted by Crippen LogP contribution is 2.40. The molecule has 3 aromatic rings. The third-order valence-corrected chi connectivity index (χ3v) is 9.32. The SMILES string of the molecule is O=C(O)CCCCC(=O)OCCOCCOCCOCCOCCOCCOCCOCCOCCOCCOCCOCCOC(c1ccccc1)(c1ccccc1)c1ccccc1. The molecule has 0 aliphatic heterocycles. The van der Waals surface area contributed by atoms with Crippen molar-refractivity contribution in [3.05, 3.63) is 108 Å². The van der Waals surface area contributed by atoms with Gasteiger partial charge in [0.2, 0.25) is 0 Å². The van der Waals surface area contributed by atoms with E-state index in [4.69, 9.17) is 66.7 Å². The fourth-order valence-electron chi connectivity index (χ4n) is 6.16. The molecule has 3 aromatic carbocycles. The summed E-state index contributed by atoms with van der Waals surface area (Å²) < 4.78 is 72.7. The summed E-state index contributed by atoms with van der Waals surface area (Å²) in [6.45, 7) is 10.5. The molecule has 0 unspecified atom stereocenters. The molecule has 0 saturated heterocycles. The number of carboxylic acids is 1. The molecular weight excluding hydrogens is 845 g/mol. The van der Waals surface area contributed by atoms with E-state index in [0.717, 1.165) is 16.7 Å². The van der Waals surface area contributed by atoms with E-state index in [9.17, 15) is 9.59 Å². The third-order valence-electron chi connectivity index (χ3n) is 9.32. The van der Waals surface area contributed by atoms with Crippen molar-refractivity contribution < 1.29 is 76.3 Å². The van der Waals surface area contributed by atoms with Gasteiger partial charge in [0.15, 0.2) is 0 Å². The summed E-state index contributed by atoms with van der Waals surface area (Å²) in [6.07, 6.45) is 1.22. The zero-order valence-electron chi connectivity index (χ0n) is 38.0. The van der Waals surface area contributed by atoms with Gasteiger partial charge in [0.05, 0.1) is 152 Å². The van der Waals surface area contributed by atoms with Gasteiger partial charge in [0.1, 0.15) is 12.2 Å². The number of carbonyl (C=O) groups excluding carboxylic acids is 1. The van der Waals surface area contributed by atoms with Crippen LogP contribution in [0.25, 0.3) is 0 Å². The molecule has 364 valence electrons. The summed E-state index contributed by atoms with van der Waals surface area (Å²) in [5.41, 5.74) is 2.42. The van der Waals surface area contributed by atoms with Gasteiger partial charge in [0, 0.05) is 12.8 Å². The molecule has 0 saturated carbocycles. The Bertz CT molecular complexity index is 1440. The van der Waals surface area contributed by atoms with Crippen LogP contribution in [0.2, 0.25) is 0 Å². The molecule has 0 radical (unpaired) electrons. The number of benzene rings is 3. The topological polar surface area (TPSA) is 174 Å². The van der Waals surface area contributed by atoms with Gasteiger partial charge in [-0.2, -0.15) is 0 Å². The molecule has 0 aliphatic rings. The highest BCUT2D eigenvalue weighted by atomic mass is 16.6. The van der Waals surface area contributed by atoms with Crippen LogP contribution in [0, 0.1) is 0 Å². The molecule has 16 heteroatoms.